The highest BCUT2D eigenvalue weighted by molar-refractivity contribution is 7.19. The fourth-order valence-corrected chi connectivity index (χ4v) is 3.24. The summed E-state index contributed by atoms with van der Waals surface area (Å²) in [6.45, 7) is 0.836. The number of ether oxygens (including phenoxy) is 1. The fourth-order valence-electron chi connectivity index (χ4n) is 2.03. The zero-order valence-electron chi connectivity index (χ0n) is 10.4. The maximum Gasteiger partial charge on any atom is 0.0462 e. The van der Waals surface area contributed by atoms with E-state index in [1.807, 2.05) is 18.4 Å². The molecule has 0 aliphatic heterocycles. The summed E-state index contributed by atoms with van der Waals surface area (Å²) in [7, 11) is 3.79. The van der Waals surface area contributed by atoms with Crippen molar-refractivity contribution in [2.75, 3.05) is 20.8 Å². The van der Waals surface area contributed by atoms with Gasteiger partial charge in [-0.2, -0.15) is 0 Å². The molecule has 1 unspecified atom stereocenters. The van der Waals surface area contributed by atoms with Crippen molar-refractivity contribution in [3.8, 4) is 0 Å². The van der Waals surface area contributed by atoms with E-state index in [2.05, 4.69) is 35.6 Å². The second-order valence-corrected chi connectivity index (χ2v) is 5.28. The van der Waals surface area contributed by atoms with Gasteiger partial charge in [0, 0.05) is 29.3 Å². The summed E-state index contributed by atoms with van der Waals surface area (Å²) in [6, 6.07) is 11.3. The van der Waals surface area contributed by atoms with E-state index >= 15 is 0 Å². The normalized spacial score (nSPS) is 13.1. The molecule has 92 valence electrons. The highest BCUT2D eigenvalue weighted by atomic mass is 32.1. The summed E-state index contributed by atoms with van der Waals surface area (Å²) in [4.78, 5) is 1.42. The zero-order chi connectivity index (χ0) is 12.1. The molecule has 0 spiro atoms. The van der Waals surface area contributed by atoms with Crippen LogP contribution in [0, 0.1) is 0 Å². The number of benzene rings is 1. The number of thiophene rings is 1. The molecule has 0 bridgehead atoms. The predicted molar refractivity (Wildman–Crippen MR) is 74.7 cm³/mol. The van der Waals surface area contributed by atoms with E-state index in [9.17, 15) is 0 Å². The van der Waals surface area contributed by atoms with Crippen molar-refractivity contribution in [2.45, 2.75) is 18.9 Å². The molecule has 3 heteroatoms. The Morgan fingerprint density at radius 1 is 1.35 bits per heavy atom. The van der Waals surface area contributed by atoms with Gasteiger partial charge in [-0.25, -0.2) is 0 Å². The lowest BCUT2D eigenvalue weighted by atomic mass is 10.1. The van der Waals surface area contributed by atoms with Gasteiger partial charge >= 0.3 is 0 Å². The van der Waals surface area contributed by atoms with Crippen molar-refractivity contribution in [1.29, 1.82) is 0 Å². The number of hydrogen-bond acceptors (Lipinski definition) is 3. The molecule has 0 fully saturated rings. The van der Waals surface area contributed by atoms with Crippen molar-refractivity contribution in [3.63, 3.8) is 0 Å². The average molecular weight is 249 g/mol. The molecular formula is C14H19NOS. The minimum Gasteiger partial charge on any atom is -0.385 e. The van der Waals surface area contributed by atoms with Crippen LogP contribution in [0.1, 0.15) is 23.8 Å². The molecule has 2 rings (SSSR count). The van der Waals surface area contributed by atoms with E-state index in [0.717, 1.165) is 19.4 Å². The van der Waals surface area contributed by atoms with E-state index in [1.54, 1.807) is 7.11 Å². The number of methoxy groups -OCH3 is 1. The average Bonchev–Trinajstić information content (AvgIpc) is 2.78. The third-order valence-electron chi connectivity index (χ3n) is 2.98. The van der Waals surface area contributed by atoms with Crippen LogP contribution in [-0.2, 0) is 4.74 Å². The standard InChI is InChI=1S/C14H19NOS/c1-15-12(7-5-9-16-2)14-10-11-6-3-4-8-13(11)17-14/h3-4,6,8,10,12,15H,5,7,9H2,1-2H3. The van der Waals surface area contributed by atoms with Crippen LogP contribution < -0.4 is 5.32 Å². The molecule has 1 aromatic heterocycles. The number of hydrogen-bond donors (Lipinski definition) is 1. The first-order valence-electron chi connectivity index (χ1n) is 6.00. The van der Waals surface area contributed by atoms with Crippen LogP contribution in [0.2, 0.25) is 0 Å². The van der Waals surface area contributed by atoms with Crippen molar-refractivity contribution >= 4 is 21.4 Å². The van der Waals surface area contributed by atoms with E-state index in [1.165, 1.54) is 15.0 Å². The lowest BCUT2D eigenvalue weighted by molar-refractivity contribution is 0.189. The summed E-state index contributed by atoms with van der Waals surface area (Å²) >= 11 is 1.88. The van der Waals surface area contributed by atoms with Crippen LogP contribution >= 0.6 is 11.3 Å². The van der Waals surface area contributed by atoms with Gasteiger partial charge in [0.1, 0.15) is 0 Å². The van der Waals surface area contributed by atoms with Gasteiger partial charge in [-0.05, 0) is 37.4 Å². The molecule has 0 aliphatic rings. The second kappa shape index (κ2) is 6.15. The topological polar surface area (TPSA) is 21.3 Å². The molecule has 1 atom stereocenters. The molecule has 1 aromatic carbocycles. The maximum atomic E-state index is 5.11. The first kappa shape index (κ1) is 12.6. The Labute approximate surface area is 107 Å². The minimum atomic E-state index is 0.447. The molecule has 1 N–H and O–H groups in total. The second-order valence-electron chi connectivity index (χ2n) is 4.16. The van der Waals surface area contributed by atoms with Crippen LogP contribution in [0.3, 0.4) is 0 Å². The third-order valence-corrected chi connectivity index (χ3v) is 4.21. The molecule has 0 saturated heterocycles. The van der Waals surface area contributed by atoms with E-state index in [4.69, 9.17) is 4.74 Å². The highest BCUT2D eigenvalue weighted by Gasteiger charge is 2.11. The van der Waals surface area contributed by atoms with Crippen molar-refractivity contribution < 1.29 is 4.74 Å². The lowest BCUT2D eigenvalue weighted by Crippen LogP contribution is -2.15. The Kier molecular flexibility index (Phi) is 4.54. The summed E-state index contributed by atoms with van der Waals surface area (Å²) in [6.07, 6.45) is 2.22. The molecular weight excluding hydrogens is 230 g/mol. The Balaban J connectivity index is 2.12. The monoisotopic (exact) mass is 249 g/mol. The van der Waals surface area contributed by atoms with Crippen LogP contribution in [-0.4, -0.2) is 20.8 Å². The summed E-state index contributed by atoms with van der Waals surface area (Å²) in [5.41, 5.74) is 0. The number of rotatable bonds is 6. The van der Waals surface area contributed by atoms with Gasteiger partial charge < -0.3 is 10.1 Å². The molecule has 0 radical (unpaired) electrons. The van der Waals surface area contributed by atoms with E-state index in [-0.39, 0.29) is 0 Å². The fraction of sp³-hybridized carbons (Fsp3) is 0.429. The van der Waals surface area contributed by atoms with Gasteiger partial charge in [-0.3, -0.25) is 0 Å². The SMILES string of the molecule is CNC(CCCOC)c1cc2ccccc2s1. The van der Waals surface area contributed by atoms with E-state index < -0.39 is 0 Å². The number of fused-ring (bicyclic) bond motifs is 1. The van der Waals surface area contributed by atoms with Gasteiger partial charge in [0.05, 0.1) is 0 Å². The van der Waals surface area contributed by atoms with Gasteiger partial charge in [0.25, 0.3) is 0 Å². The molecule has 2 nitrogen and oxygen atoms in total. The van der Waals surface area contributed by atoms with Crippen LogP contribution in [0.4, 0.5) is 0 Å². The third kappa shape index (κ3) is 3.06. The summed E-state index contributed by atoms with van der Waals surface area (Å²) < 4.78 is 6.48. The predicted octanol–water partition coefficient (Wildman–Crippen LogP) is 3.59. The van der Waals surface area contributed by atoms with Gasteiger partial charge in [0.2, 0.25) is 0 Å². The summed E-state index contributed by atoms with van der Waals surface area (Å²) in [5.74, 6) is 0. The molecule has 0 saturated carbocycles. The largest absolute Gasteiger partial charge is 0.385 e. The molecule has 2 aromatic rings. The van der Waals surface area contributed by atoms with Gasteiger partial charge in [-0.15, -0.1) is 11.3 Å². The van der Waals surface area contributed by atoms with Gasteiger partial charge in [-0.1, -0.05) is 18.2 Å². The number of nitrogens with one attached hydrogen (secondary N) is 1. The van der Waals surface area contributed by atoms with Crippen molar-refractivity contribution in [1.82, 2.24) is 5.32 Å². The Morgan fingerprint density at radius 3 is 2.88 bits per heavy atom. The molecule has 1 heterocycles. The van der Waals surface area contributed by atoms with Gasteiger partial charge in [0.15, 0.2) is 0 Å². The van der Waals surface area contributed by atoms with Crippen LogP contribution in [0.15, 0.2) is 30.3 Å². The Hall–Kier alpha value is -0.900. The molecule has 17 heavy (non-hydrogen) atoms. The Bertz CT molecular complexity index is 433. The highest BCUT2D eigenvalue weighted by Crippen LogP contribution is 2.31. The zero-order valence-corrected chi connectivity index (χ0v) is 11.2. The van der Waals surface area contributed by atoms with Crippen LogP contribution in [0.5, 0.6) is 0 Å². The first-order chi connectivity index (χ1) is 8.35. The van der Waals surface area contributed by atoms with Crippen molar-refractivity contribution in [2.24, 2.45) is 0 Å². The van der Waals surface area contributed by atoms with Crippen molar-refractivity contribution in [3.05, 3.63) is 35.2 Å². The molecule has 0 amide bonds. The summed E-state index contributed by atoms with van der Waals surface area (Å²) in [5, 5.41) is 4.74. The maximum absolute atomic E-state index is 5.11. The minimum absolute atomic E-state index is 0.447. The first-order valence-corrected chi connectivity index (χ1v) is 6.81. The smallest absolute Gasteiger partial charge is 0.0462 e. The van der Waals surface area contributed by atoms with E-state index in [0.29, 0.717) is 6.04 Å². The molecule has 0 aliphatic carbocycles. The quantitative estimate of drug-likeness (QED) is 0.790. The Morgan fingerprint density at radius 2 is 2.18 bits per heavy atom. The lowest BCUT2D eigenvalue weighted by Gasteiger charge is -2.13. The van der Waals surface area contributed by atoms with Crippen LogP contribution in [0.25, 0.3) is 10.1 Å².